The minimum absolute atomic E-state index is 1.28. The second-order valence-corrected chi connectivity index (χ2v) is 9.69. The molecule has 0 nitrogen and oxygen atoms in total. The van der Waals surface area contributed by atoms with Crippen LogP contribution in [0, 0.1) is 0 Å². The zero-order chi connectivity index (χ0) is 6.57. The van der Waals surface area contributed by atoms with Gasteiger partial charge in [-0.3, -0.25) is 0 Å². The highest BCUT2D eigenvalue weighted by atomic mass is 127. The van der Waals surface area contributed by atoms with Crippen LogP contribution in [0.1, 0.15) is 0 Å². The molecule has 4 heteroatoms. The van der Waals surface area contributed by atoms with E-state index in [4.69, 9.17) is 0 Å². The standard InChI is InChI=1S/C4H2I4/c5-3(6)1-2-4(7)8/h1-2H. The van der Waals surface area contributed by atoms with Crippen LogP contribution in [0.5, 0.6) is 0 Å². The molecule has 46 valence electrons. The molecule has 0 aliphatic carbocycles. The first kappa shape index (κ1) is 10.4. The Kier molecular flexibility index (Phi) is 7.97. The molecular formula is C4H2I4. The summed E-state index contributed by atoms with van der Waals surface area (Å²) < 4.78 is 2.57. The molecule has 0 rings (SSSR count). The molecule has 0 N–H and O–H groups in total. The van der Waals surface area contributed by atoms with Gasteiger partial charge in [-0.05, 0) is 103 Å². The van der Waals surface area contributed by atoms with Gasteiger partial charge in [-0.25, -0.2) is 0 Å². The topological polar surface area (TPSA) is 0 Å². The highest BCUT2D eigenvalue weighted by Gasteiger charge is 1.78. The molecule has 0 fully saturated rings. The third kappa shape index (κ3) is 8.40. The Morgan fingerprint density at radius 2 is 1.00 bits per heavy atom. The van der Waals surface area contributed by atoms with Gasteiger partial charge in [0.05, 0.1) is 3.17 Å². The van der Waals surface area contributed by atoms with Crippen LogP contribution >= 0.6 is 90.4 Å². The normalized spacial score (nSPS) is 8.00. The van der Waals surface area contributed by atoms with Crippen molar-refractivity contribution in [3.8, 4) is 0 Å². The van der Waals surface area contributed by atoms with Crippen LogP contribution in [0.3, 0.4) is 0 Å². The Morgan fingerprint density at radius 1 is 0.750 bits per heavy atom. The molecule has 0 spiro atoms. The van der Waals surface area contributed by atoms with E-state index in [1.165, 1.54) is 3.17 Å². The lowest BCUT2D eigenvalue weighted by molar-refractivity contribution is 2.11. The Labute approximate surface area is 104 Å². The number of hydrogen-bond donors (Lipinski definition) is 0. The van der Waals surface area contributed by atoms with Gasteiger partial charge in [0.25, 0.3) is 0 Å². The molecule has 0 amide bonds. The van der Waals surface area contributed by atoms with E-state index in [2.05, 4.69) is 103 Å². The number of allylic oxidation sites excluding steroid dienone is 2. The van der Waals surface area contributed by atoms with E-state index in [9.17, 15) is 0 Å². The Morgan fingerprint density at radius 3 is 1.12 bits per heavy atom. The summed E-state index contributed by atoms with van der Waals surface area (Å²) >= 11 is 9.09. The average Bonchev–Trinajstić information content (AvgIpc) is 1.61. The first-order valence-electron chi connectivity index (χ1n) is 1.67. The van der Waals surface area contributed by atoms with E-state index in [1.807, 2.05) is 0 Å². The average molecular weight is 558 g/mol. The maximum Gasteiger partial charge on any atom is 0.0514 e. The number of halogens is 4. The van der Waals surface area contributed by atoms with Crippen molar-refractivity contribution in [2.24, 2.45) is 0 Å². The molecule has 8 heavy (non-hydrogen) atoms. The minimum Gasteiger partial charge on any atom is -0.0411 e. The van der Waals surface area contributed by atoms with E-state index >= 15 is 0 Å². The second kappa shape index (κ2) is 6.13. The SMILES string of the molecule is IC(I)=CC=C(I)I. The summed E-state index contributed by atoms with van der Waals surface area (Å²) in [7, 11) is 0. The van der Waals surface area contributed by atoms with Crippen molar-refractivity contribution in [3.05, 3.63) is 15.3 Å². The van der Waals surface area contributed by atoms with Gasteiger partial charge in [0.2, 0.25) is 0 Å². The fourth-order valence-corrected chi connectivity index (χ4v) is 0.845. The number of hydrogen-bond acceptors (Lipinski definition) is 0. The fourth-order valence-electron chi connectivity index (χ4n) is 0.126. The van der Waals surface area contributed by atoms with Gasteiger partial charge in [0, 0.05) is 0 Å². The minimum atomic E-state index is 1.28. The maximum absolute atomic E-state index is 2.27. The summed E-state index contributed by atoms with van der Waals surface area (Å²) in [5.74, 6) is 0. The Hall–Kier alpha value is 2.40. The van der Waals surface area contributed by atoms with Crippen molar-refractivity contribution in [2.75, 3.05) is 0 Å². The van der Waals surface area contributed by atoms with Crippen molar-refractivity contribution < 1.29 is 0 Å². The molecule has 0 saturated carbocycles. The number of rotatable bonds is 1. The molecule has 0 heterocycles. The van der Waals surface area contributed by atoms with E-state index < -0.39 is 0 Å². The highest BCUT2D eigenvalue weighted by Crippen LogP contribution is 2.19. The molecule has 0 aromatic carbocycles. The van der Waals surface area contributed by atoms with Crippen molar-refractivity contribution in [3.63, 3.8) is 0 Å². The van der Waals surface area contributed by atoms with Crippen LogP contribution < -0.4 is 0 Å². The molecule has 0 unspecified atom stereocenters. The van der Waals surface area contributed by atoms with Crippen LogP contribution in [0.25, 0.3) is 0 Å². The molecule has 0 aromatic rings. The molecular weight excluding hydrogens is 556 g/mol. The molecule has 0 aliphatic heterocycles. The molecule has 0 bridgehead atoms. The smallest absolute Gasteiger partial charge is 0.0411 e. The second-order valence-electron chi connectivity index (χ2n) is 0.913. The summed E-state index contributed by atoms with van der Waals surface area (Å²) in [4.78, 5) is 0. The van der Waals surface area contributed by atoms with Crippen LogP contribution in [0.2, 0.25) is 0 Å². The summed E-state index contributed by atoms with van der Waals surface area (Å²) in [6.07, 6.45) is 4.16. The van der Waals surface area contributed by atoms with Gasteiger partial charge < -0.3 is 0 Å². The molecule has 0 atom stereocenters. The van der Waals surface area contributed by atoms with Crippen LogP contribution in [0.4, 0.5) is 0 Å². The van der Waals surface area contributed by atoms with Gasteiger partial charge >= 0.3 is 0 Å². The van der Waals surface area contributed by atoms with Crippen LogP contribution in [0.15, 0.2) is 15.3 Å². The van der Waals surface area contributed by atoms with Gasteiger partial charge in [-0.15, -0.1) is 0 Å². The molecule has 0 radical (unpaired) electrons. The predicted octanol–water partition coefficient (Wildman–Crippen LogP) is 4.41. The van der Waals surface area contributed by atoms with Gasteiger partial charge in [0.15, 0.2) is 0 Å². The van der Waals surface area contributed by atoms with E-state index in [0.29, 0.717) is 0 Å². The highest BCUT2D eigenvalue weighted by molar-refractivity contribution is 14.2. The lowest BCUT2D eigenvalue weighted by Gasteiger charge is -1.78. The van der Waals surface area contributed by atoms with Crippen molar-refractivity contribution in [1.82, 2.24) is 0 Å². The zero-order valence-corrected chi connectivity index (χ0v) is 12.3. The lowest BCUT2D eigenvalue weighted by atomic mass is 10.6. The van der Waals surface area contributed by atoms with Crippen molar-refractivity contribution in [1.29, 1.82) is 0 Å². The summed E-state index contributed by atoms with van der Waals surface area (Å²) in [5, 5.41) is 0. The van der Waals surface area contributed by atoms with Gasteiger partial charge in [0.1, 0.15) is 0 Å². The maximum atomic E-state index is 2.27. The summed E-state index contributed by atoms with van der Waals surface area (Å²) in [6, 6.07) is 0. The third-order valence-electron chi connectivity index (χ3n) is 0.335. The van der Waals surface area contributed by atoms with Crippen LogP contribution in [-0.4, -0.2) is 0 Å². The largest absolute Gasteiger partial charge is 0.0514 e. The predicted molar refractivity (Wildman–Crippen MR) is 72.2 cm³/mol. The lowest BCUT2D eigenvalue weighted by Crippen LogP contribution is -1.48. The van der Waals surface area contributed by atoms with E-state index in [1.54, 1.807) is 0 Å². The Bertz CT molecular complexity index is 100. The Balaban J connectivity index is 3.76. The zero-order valence-electron chi connectivity index (χ0n) is 3.67. The van der Waals surface area contributed by atoms with Gasteiger partial charge in [-0.1, -0.05) is 0 Å². The summed E-state index contributed by atoms with van der Waals surface area (Å²) in [6.45, 7) is 0. The van der Waals surface area contributed by atoms with E-state index in [-0.39, 0.29) is 0 Å². The summed E-state index contributed by atoms with van der Waals surface area (Å²) in [5.41, 5.74) is 0. The molecule has 0 aliphatic rings. The van der Waals surface area contributed by atoms with Crippen molar-refractivity contribution >= 4 is 90.4 Å². The molecule has 0 saturated heterocycles. The van der Waals surface area contributed by atoms with Gasteiger partial charge in [-0.2, -0.15) is 0 Å². The first-order valence-corrected chi connectivity index (χ1v) is 5.98. The molecule has 0 aromatic heterocycles. The fraction of sp³-hybridized carbons (Fsp3) is 0. The van der Waals surface area contributed by atoms with Crippen molar-refractivity contribution in [2.45, 2.75) is 0 Å². The van der Waals surface area contributed by atoms with E-state index in [0.717, 1.165) is 0 Å². The van der Waals surface area contributed by atoms with Crippen LogP contribution in [-0.2, 0) is 0 Å². The quantitative estimate of drug-likeness (QED) is 0.331. The first-order chi connectivity index (χ1) is 3.63. The monoisotopic (exact) mass is 558 g/mol. The third-order valence-corrected chi connectivity index (χ3v) is 1.77.